The number of nitrogens with one attached hydrogen (secondary N) is 2. The first-order chi connectivity index (χ1) is 8.47. The Morgan fingerprint density at radius 1 is 1.44 bits per heavy atom. The highest BCUT2D eigenvalue weighted by Crippen LogP contribution is 2.36. The Morgan fingerprint density at radius 2 is 2.17 bits per heavy atom. The molecule has 18 heavy (non-hydrogen) atoms. The van der Waals surface area contributed by atoms with Gasteiger partial charge in [-0.1, -0.05) is 13.8 Å². The average molecular weight is 264 g/mol. The van der Waals surface area contributed by atoms with Crippen molar-refractivity contribution in [2.24, 2.45) is 5.92 Å². The summed E-state index contributed by atoms with van der Waals surface area (Å²) >= 11 is 1.53. The van der Waals surface area contributed by atoms with Gasteiger partial charge in [-0.05, 0) is 25.1 Å². The Labute approximate surface area is 111 Å². The molecule has 1 unspecified atom stereocenters. The second-order valence-corrected chi connectivity index (χ2v) is 5.99. The van der Waals surface area contributed by atoms with Crippen molar-refractivity contribution in [3.8, 4) is 0 Å². The van der Waals surface area contributed by atoms with Crippen molar-refractivity contribution in [2.75, 3.05) is 10.6 Å². The fraction of sp³-hybridized carbons (Fsp3) is 0.385. The first kappa shape index (κ1) is 13.0. The topological polar surface area (TPSA) is 58.2 Å². The van der Waals surface area contributed by atoms with Crippen molar-refractivity contribution in [1.82, 2.24) is 0 Å². The lowest BCUT2D eigenvalue weighted by Crippen LogP contribution is -2.26. The number of carbonyl (C=O) groups excluding carboxylic acids is 2. The molecule has 96 valence electrons. The van der Waals surface area contributed by atoms with Crippen molar-refractivity contribution in [3.63, 3.8) is 0 Å². The van der Waals surface area contributed by atoms with Crippen LogP contribution in [0.3, 0.4) is 0 Å². The molecule has 0 saturated heterocycles. The Bertz CT molecular complexity index is 500. The number of hydrogen-bond donors (Lipinski definition) is 2. The third-order valence-corrected chi connectivity index (χ3v) is 3.88. The molecule has 1 aromatic rings. The molecule has 5 heteroatoms. The number of anilines is 2. The first-order valence-electron chi connectivity index (χ1n) is 5.90. The van der Waals surface area contributed by atoms with Gasteiger partial charge in [0.15, 0.2) is 0 Å². The van der Waals surface area contributed by atoms with Gasteiger partial charge in [-0.3, -0.25) is 9.59 Å². The van der Waals surface area contributed by atoms with Gasteiger partial charge in [-0.2, -0.15) is 0 Å². The van der Waals surface area contributed by atoms with E-state index in [0.717, 1.165) is 10.6 Å². The number of benzene rings is 1. The molecule has 0 radical (unpaired) electrons. The minimum absolute atomic E-state index is 0.000152. The van der Waals surface area contributed by atoms with Crippen LogP contribution in [0.4, 0.5) is 11.4 Å². The molecule has 0 saturated carbocycles. The molecule has 1 atom stereocenters. The summed E-state index contributed by atoms with van der Waals surface area (Å²) in [7, 11) is 0. The third-order valence-electron chi connectivity index (χ3n) is 2.70. The van der Waals surface area contributed by atoms with Crippen LogP contribution in [0.15, 0.2) is 23.1 Å². The second kappa shape index (κ2) is 5.02. The standard InChI is InChI=1S/C13H16N2O2S/c1-7(2)12(16)14-9-4-5-11-10(6-9)15-13(17)8(3)18-11/h4-8H,1-3H3,(H,14,16)(H,15,17). The molecule has 0 bridgehead atoms. The molecular weight excluding hydrogens is 248 g/mol. The molecule has 2 N–H and O–H groups in total. The van der Waals surface area contributed by atoms with E-state index in [1.807, 2.05) is 32.9 Å². The molecule has 2 rings (SSSR count). The minimum atomic E-state index is -0.0754. The van der Waals surface area contributed by atoms with Crippen LogP contribution in [0.25, 0.3) is 0 Å². The molecule has 0 fully saturated rings. The van der Waals surface area contributed by atoms with Gasteiger partial charge >= 0.3 is 0 Å². The molecule has 1 aromatic carbocycles. The Morgan fingerprint density at radius 3 is 2.83 bits per heavy atom. The lowest BCUT2D eigenvalue weighted by atomic mass is 10.2. The largest absolute Gasteiger partial charge is 0.326 e. The number of thioether (sulfide) groups is 1. The lowest BCUT2D eigenvalue weighted by molar-refractivity contribution is -0.119. The van der Waals surface area contributed by atoms with Crippen LogP contribution in [0, 0.1) is 5.92 Å². The van der Waals surface area contributed by atoms with E-state index < -0.39 is 0 Å². The number of hydrogen-bond acceptors (Lipinski definition) is 3. The summed E-state index contributed by atoms with van der Waals surface area (Å²) in [6.45, 7) is 5.55. The Kier molecular flexibility index (Phi) is 3.61. The quantitative estimate of drug-likeness (QED) is 0.863. The number of rotatable bonds is 2. The molecule has 0 aliphatic carbocycles. The van der Waals surface area contributed by atoms with E-state index in [4.69, 9.17) is 0 Å². The molecule has 1 aliphatic rings. The monoisotopic (exact) mass is 264 g/mol. The molecular formula is C13H16N2O2S. The molecule has 4 nitrogen and oxygen atoms in total. The minimum Gasteiger partial charge on any atom is -0.326 e. The van der Waals surface area contributed by atoms with Gasteiger partial charge in [0.05, 0.1) is 10.9 Å². The molecule has 0 aromatic heterocycles. The summed E-state index contributed by atoms with van der Waals surface area (Å²) in [4.78, 5) is 24.2. The van der Waals surface area contributed by atoms with Gasteiger partial charge < -0.3 is 10.6 Å². The number of amides is 2. The summed E-state index contributed by atoms with van der Waals surface area (Å²) < 4.78 is 0. The normalized spacial score (nSPS) is 18.2. The molecule has 0 spiro atoms. The summed E-state index contributed by atoms with van der Waals surface area (Å²) in [5.74, 6) is -0.0945. The average Bonchev–Trinajstić information content (AvgIpc) is 2.31. The van der Waals surface area contributed by atoms with Gasteiger partial charge in [-0.15, -0.1) is 11.8 Å². The van der Waals surface area contributed by atoms with Crippen LogP contribution in [0.1, 0.15) is 20.8 Å². The van der Waals surface area contributed by atoms with Gasteiger partial charge in [0.25, 0.3) is 0 Å². The summed E-state index contributed by atoms with van der Waals surface area (Å²) in [6.07, 6.45) is 0. The van der Waals surface area contributed by atoms with Gasteiger partial charge in [0.2, 0.25) is 11.8 Å². The lowest BCUT2D eigenvalue weighted by Gasteiger charge is -2.22. The maximum absolute atomic E-state index is 11.6. The van der Waals surface area contributed by atoms with E-state index in [0.29, 0.717) is 5.69 Å². The van der Waals surface area contributed by atoms with Crippen LogP contribution in [0.2, 0.25) is 0 Å². The van der Waals surface area contributed by atoms with Crippen LogP contribution in [-0.4, -0.2) is 17.1 Å². The van der Waals surface area contributed by atoms with Gasteiger partial charge in [0, 0.05) is 16.5 Å². The van der Waals surface area contributed by atoms with E-state index >= 15 is 0 Å². The first-order valence-corrected chi connectivity index (χ1v) is 6.78. The third kappa shape index (κ3) is 2.67. The fourth-order valence-corrected chi connectivity index (χ4v) is 2.50. The van der Waals surface area contributed by atoms with Crippen LogP contribution < -0.4 is 10.6 Å². The van der Waals surface area contributed by atoms with Crippen LogP contribution in [-0.2, 0) is 9.59 Å². The zero-order valence-corrected chi connectivity index (χ0v) is 11.4. The highest BCUT2D eigenvalue weighted by molar-refractivity contribution is 8.00. The second-order valence-electron chi connectivity index (χ2n) is 4.60. The van der Waals surface area contributed by atoms with Crippen LogP contribution in [0.5, 0.6) is 0 Å². The summed E-state index contributed by atoms with van der Waals surface area (Å²) in [5.41, 5.74) is 1.48. The molecule has 1 aliphatic heterocycles. The van der Waals surface area contributed by atoms with Crippen molar-refractivity contribution in [2.45, 2.75) is 30.9 Å². The SMILES string of the molecule is CC(C)C(=O)Nc1ccc2c(c1)NC(=O)C(C)S2. The Balaban J connectivity index is 2.20. The summed E-state index contributed by atoms with van der Waals surface area (Å²) in [5, 5.41) is 5.58. The number of fused-ring (bicyclic) bond motifs is 1. The van der Waals surface area contributed by atoms with Crippen molar-refractivity contribution >= 4 is 35.0 Å². The van der Waals surface area contributed by atoms with E-state index in [1.165, 1.54) is 11.8 Å². The van der Waals surface area contributed by atoms with Gasteiger partial charge in [-0.25, -0.2) is 0 Å². The number of carbonyl (C=O) groups is 2. The van der Waals surface area contributed by atoms with Crippen LogP contribution >= 0.6 is 11.8 Å². The maximum Gasteiger partial charge on any atom is 0.237 e. The smallest absolute Gasteiger partial charge is 0.237 e. The van der Waals surface area contributed by atoms with E-state index in [2.05, 4.69) is 10.6 Å². The fourth-order valence-electron chi connectivity index (χ4n) is 1.57. The maximum atomic E-state index is 11.6. The predicted molar refractivity (Wildman–Crippen MR) is 73.9 cm³/mol. The summed E-state index contributed by atoms with van der Waals surface area (Å²) in [6, 6.07) is 5.58. The van der Waals surface area contributed by atoms with E-state index in [-0.39, 0.29) is 23.0 Å². The van der Waals surface area contributed by atoms with Crippen molar-refractivity contribution < 1.29 is 9.59 Å². The zero-order chi connectivity index (χ0) is 13.3. The highest BCUT2D eigenvalue weighted by Gasteiger charge is 2.23. The van der Waals surface area contributed by atoms with Crippen molar-refractivity contribution in [1.29, 1.82) is 0 Å². The predicted octanol–water partition coefficient (Wildman–Crippen LogP) is 2.71. The van der Waals surface area contributed by atoms with E-state index in [1.54, 1.807) is 6.07 Å². The molecule has 1 heterocycles. The van der Waals surface area contributed by atoms with Crippen molar-refractivity contribution in [3.05, 3.63) is 18.2 Å². The zero-order valence-electron chi connectivity index (χ0n) is 10.6. The highest BCUT2D eigenvalue weighted by atomic mass is 32.2. The van der Waals surface area contributed by atoms with Gasteiger partial charge in [0.1, 0.15) is 0 Å². The van der Waals surface area contributed by atoms with E-state index in [9.17, 15) is 9.59 Å². The Hall–Kier alpha value is -1.49. The molecule has 2 amide bonds.